The number of allylic oxidation sites excluding steroid dienone is 3. The van der Waals surface area contributed by atoms with Crippen LogP contribution in [-0.4, -0.2) is 38.1 Å². The average Bonchev–Trinajstić information content (AvgIpc) is 3.25. The third-order valence-electron chi connectivity index (χ3n) is 11.2. The van der Waals surface area contributed by atoms with Gasteiger partial charge in [-0.2, -0.15) is 0 Å². The molecule has 4 fully saturated rings. The fourth-order valence-electron chi connectivity index (χ4n) is 9.61. The quantitative estimate of drug-likeness (QED) is 0.570. The zero-order chi connectivity index (χ0) is 21.3. The molecule has 5 rings (SSSR count). The van der Waals surface area contributed by atoms with Gasteiger partial charge in [-0.25, -0.2) is 0 Å². The minimum absolute atomic E-state index is 0.439. The maximum atomic E-state index is 3.89. The first kappa shape index (κ1) is 21.3. The van der Waals surface area contributed by atoms with Gasteiger partial charge < -0.3 is 10.2 Å². The van der Waals surface area contributed by atoms with E-state index in [0.29, 0.717) is 16.2 Å². The highest BCUT2D eigenvalue weighted by Crippen LogP contribution is 2.73. The van der Waals surface area contributed by atoms with E-state index in [4.69, 9.17) is 0 Å². The smallest absolute Gasteiger partial charge is 0.0127 e. The Morgan fingerprint density at radius 1 is 1.17 bits per heavy atom. The van der Waals surface area contributed by atoms with Crippen molar-refractivity contribution in [2.45, 2.75) is 85.1 Å². The molecule has 0 aromatic carbocycles. The highest BCUT2D eigenvalue weighted by Gasteiger charge is 2.68. The van der Waals surface area contributed by atoms with E-state index < -0.39 is 0 Å². The molecular formula is C28H46N2. The summed E-state index contributed by atoms with van der Waals surface area (Å²) in [5.41, 5.74) is 4.85. The number of nitrogens with one attached hydrogen (secondary N) is 1. The Morgan fingerprint density at radius 2 is 1.97 bits per heavy atom. The monoisotopic (exact) mass is 410 g/mol. The van der Waals surface area contributed by atoms with Crippen molar-refractivity contribution in [2.75, 3.05) is 27.2 Å². The molecule has 1 spiro atoms. The van der Waals surface area contributed by atoms with Gasteiger partial charge in [0.2, 0.25) is 0 Å². The summed E-state index contributed by atoms with van der Waals surface area (Å²) in [7, 11) is 4.57. The molecule has 168 valence electrons. The van der Waals surface area contributed by atoms with Crippen LogP contribution in [0.15, 0.2) is 23.3 Å². The Kier molecular flexibility index (Phi) is 5.10. The summed E-state index contributed by atoms with van der Waals surface area (Å²) in [5.74, 6) is 3.60. The number of rotatable bonds is 3. The predicted molar refractivity (Wildman–Crippen MR) is 127 cm³/mol. The molecule has 0 bridgehead atoms. The van der Waals surface area contributed by atoms with E-state index in [1.165, 1.54) is 70.0 Å². The van der Waals surface area contributed by atoms with Gasteiger partial charge in [-0.1, -0.05) is 37.1 Å². The zero-order valence-corrected chi connectivity index (χ0v) is 20.6. The highest BCUT2D eigenvalue weighted by atomic mass is 15.1. The van der Waals surface area contributed by atoms with Gasteiger partial charge in [0.05, 0.1) is 0 Å². The largest absolute Gasteiger partial charge is 0.316 e. The van der Waals surface area contributed by atoms with Crippen molar-refractivity contribution >= 4 is 0 Å². The molecule has 1 aliphatic heterocycles. The van der Waals surface area contributed by atoms with Gasteiger partial charge in [-0.15, -0.1) is 0 Å². The maximum Gasteiger partial charge on any atom is 0.0127 e. The fraction of sp³-hybridized carbons (Fsp3) is 0.857. The number of hydrogen-bond acceptors (Lipinski definition) is 2. The van der Waals surface area contributed by atoms with Crippen molar-refractivity contribution in [3.63, 3.8) is 0 Å². The number of fused-ring (bicyclic) bond motifs is 4. The van der Waals surface area contributed by atoms with Crippen LogP contribution in [0.3, 0.4) is 0 Å². The van der Waals surface area contributed by atoms with Gasteiger partial charge in [0, 0.05) is 12.6 Å². The second kappa shape index (κ2) is 7.20. The van der Waals surface area contributed by atoms with Crippen molar-refractivity contribution in [3.8, 4) is 0 Å². The van der Waals surface area contributed by atoms with Gasteiger partial charge in [-0.3, -0.25) is 0 Å². The highest BCUT2D eigenvalue weighted by molar-refractivity contribution is 5.30. The van der Waals surface area contributed by atoms with Gasteiger partial charge in [0.1, 0.15) is 0 Å². The normalized spacial score (nSPS) is 49.7. The molecule has 0 amide bonds. The lowest BCUT2D eigenvalue weighted by molar-refractivity contribution is -0.135. The Bertz CT molecular complexity index is 746. The molecule has 2 nitrogen and oxygen atoms in total. The van der Waals surface area contributed by atoms with Crippen molar-refractivity contribution in [1.29, 1.82) is 0 Å². The van der Waals surface area contributed by atoms with E-state index in [1.54, 1.807) is 0 Å². The van der Waals surface area contributed by atoms with Crippen LogP contribution in [0.4, 0.5) is 0 Å². The third-order valence-corrected chi connectivity index (χ3v) is 11.2. The minimum atomic E-state index is 0.439. The minimum Gasteiger partial charge on any atom is -0.316 e. The van der Waals surface area contributed by atoms with Crippen LogP contribution in [-0.2, 0) is 0 Å². The lowest BCUT2D eigenvalue weighted by Crippen LogP contribution is -2.60. The van der Waals surface area contributed by atoms with Crippen molar-refractivity contribution in [2.24, 2.45) is 39.9 Å². The fourth-order valence-corrected chi connectivity index (χ4v) is 9.61. The van der Waals surface area contributed by atoms with Crippen molar-refractivity contribution in [1.82, 2.24) is 10.2 Å². The van der Waals surface area contributed by atoms with Crippen molar-refractivity contribution < 1.29 is 0 Å². The van der Waals surface area contributed by atoms with Gasteiger partial charge in [-0.05, 0) is 126 Å². The van der Waals surface area contributed by atoms with Gasteiger partial charge in [0.25, 0.3) is 0 Å². The van der Waals surface area contributed by atoms with Crippen LogP contribution in [0, 0.1) is 39.9 Å². The van der Waals surface area contributed by atoms with E-state index in [-0.39, 0.29) is 0 Å². The molecular weight excluding hydrogens is 364 g/mol. The molecule has 30 heavy (non-hydrogen) atoms. The molecule has 8 atom stereocenters. The van der Waals surface area contributed by atoms with Crippen LogP contribution in [0.25, 0.3) is 0 Å². The number of nitrogens with zero attached hydrogens (tertiary/aromatic N) is 1. The molecule has 8 unspecified atom stereocenters. The summed E-state index contributed by atoms with van der Waals surface area (Å²) in [6.07, 6.45) is 16.5. The second-order valence-corrected chi connectivity index (χ2v) is 12.8. The second-order valence-electron chi connectivity index (χ2n) is 12.8. The molecule has 5 aliphatic rings. The van der Waals surface area contributed by atoms with Crippen LogP contribution in [0.1, 0.15) is 79.1 Å². The standard InChI is InChI=1S/C28H46N2/c1-19(2)7-8-21-16-25-26(3)14-12-23(30(5)6)15-20(26)11-13-27(25,4)24-10-9-22-17-29-18-28(21,22)24/h7,11,21-25,29H,8-10,12-18H2,1-6H3. The third kappa shape index (κ3) is 2.81. The summed E-state index contributed by atoms with van der Waals surface area (Å²) < 4.78 is 0. The van der Waals surface area contributed by atoms with Crippen LogP contribution < -0.4 is 5.32 Å². The lowest BCUT2D eigenvalue weighted by atomic mass is 9.39. The molecule has 0 aromatic heterocycles. The maximum absolute atomic E-state index is 3.89. The molecule has 4 aliphatic carbocycles. The summed E-state index contributed by atoms with van der Waals surface area (Å²) in [5, 5.41) is 3.89. The van der Waals surface area contributed by atoms with Crippen LogP contribution in [0.5, 0.6) is 0 Å². The first-order valence-corrected chi connectivity index (χ1v) is 12.9. The Hall–Kier alpha value is -0.600. The molecule has 1 N–H and O–H groups in total. The van der Waals surface area contributed by atoms with E-state index in [1.807, 2.05) is 5.57 Å². The van der Waals surface area contributed by atoms with E-state index in [2.05, 4.69) is 64.2 Å². The predicted octanol–water partition coefficient (Wildman–Crippen LogP) is 6.05. The zero-order valence-electron chi connectivity index (χ0n) is 20.6. The first-order valence-electron chi connectivity index (χ1n) is 12.9. The Balaban J connectivity index is 1.55. The lowest BCUT2D eigenvalue weighted by Gasteiger charge is -2.65. The Labute approximate surface area is 185 Å². The molecule has 1 heterocycles. The summed E-state index contributed by atoms with van der Waals surface area (Å²) in [6.45, 7) is 12.6. The summed E-state index contributed by atoms with van der Waals surface area (Å²) >= 11 is 0. The van der Waals surface area contributed by atoms with E-state index >= 15 is 0 Å². The molecule has 0 radical (unpaired) electrons. The number of hydrogen-bond donors (Lipinski definition) is 1. The molecule has 0 aromatic rings. The molecule has 3 saturated carbocycles. The first-order chi connectivity index (χ1) is 14.2. The topological polar surface area (TPSA) is 15.3 Å². The van der Waals surface area contributed by atoms with Crippen LogP contribution in [0.2, 0.25) is 0 Å². The molecule has 1 saturated heterocycles. The Morgan fingerprint density at radius 3 is 2.70 bits per heavy atom. The van der Waals surface area contributed by atoms with Gasteiger partial charge in [0.15, 0.2) is 0 Å². The summed E-state index contributed by atoms with van der Waals surface area (Å²) in [4.78, 5) is 2.48. The van der Waals surface area contributed by atoms with Gasteiger partial charge >= 0.3 is 0 Å². The van der Waals surface area contributed by atoms with E-state index in [0.717, 1.165) is 29.7 Å². The van der Waals surface area contributed by atoms with Crippen molar-refractivity contribution in [3.05, 3.63) is 23.3 Å². The summed E-state index contributed by atoms with van der Waals surface area (Å²) in [6, 6.07) is 0.750. The van der Waals surface area contributed by atoms with E-state index in [9.17, 15) is 0 Å². The SMILES string of the molecule is CC(C)=CCC1CC2C3(C)CCC(N(C)C)CC3=CCC2(C)C2CCC3CNCC312. The molecule has 2 heteroatoms. The average molecular weight is 411 g/mol. The van der Waals surface area contributed by atoms with Crippen LogP contribution >= 0.6 is 0 Å².